The van der Waals surface area contributed by atoms with Gasteiger partial charge < -0.3 is 11.1 Å². The third kappa shape index (κ3) is 2.76. The first-order valence-electron chi connectivity index (χ1n) is 6.44. The minimum atomic E-state index is -0.577. The number of amides is 1. The summed E-state index contributed by atoms with van der Waals surface area (Å²) in [7, 11) is 0. The van der Waals surface area contributed by atoms with Crippen molar-refractivity contribution < 1.29 is 9.72 Å². The predicted molar refractivity (Wildman–Crippen MR) is 76.7 cm³/mol. The molecule has 2 rings (SSSR count). The van der Waals surface area contributed by atoms with Crippen molar-refractivity contribution in [1.82, 2.24) is 0 Å². The molecule has 0 bridgehead atoms. The Morgan fingerprint density at radius 1 is 1.45 bits per heavy atom. The molecule has 0 saturated heterocycles. The number of nitrogens with two attached hydrogens (primary N) is 1. The number of hydrogen-bond donors (Lipinski definition) is 2. The largest absolute Gasteiger partial charge is 0.329 e. The molecular formula is C13H16ClN3O3. The molecule has 1 amide bonds. The highest BCUT2D eigenvalue weighted by Gasteiger charge is 2.39. The number of rotatable bonds is 4. The van der Waals surface area contributed by atoms with E-state index in [1.54, 1.807) is 6.07 Å². The van der Waals surface area contributed by atoms with Crippen molar-refractivity contribution in [2.75, 3.05) is 11.9 Å². The van der Waals surface area contributed by atoms with E-state index in [9.17, 15) is 14.9 Å². The first-order chi connectivity index (χ1) is 9.48. The smallest absolute Gasteiger partial charge is 0.289 e. The molecule has 1 aliphatic rings. The second-order valence-corrected chi connectivity index (χ2v) is 5.48. The summed E-state index contributed by atoms with van der Waals surface area (Å²) in [5.41, 5.74) is 5.33. The minimum Gasteiger partial charge on any atom is -0.329 e. The lowest BCUT2D eigenvalue weighted by molar-refractivity contribution is -0.384. The number of carbonyl (C=O) groups is 1. The van der Waals surface area contributed by atoms with Gasteiger partial charge in [0.2, 0.25) is 5.91 Å². The number of halogens is 1. The summed E-state index contributed by atoms with van der Waals surface area (Å²) < 4.78 is 0. The Morgan fingerprint density at radius 3 is 2.65 bits per heavy atom. The Morgan fingerprint density at radius 2 is 2.10 bits per heavy atom. The van der Waals surface area contributed by atoms with Gasteiger partial charge in [-0.05, 0) is 25.0 Å². The van der Waals surface area contributed by atoms with Gasteiger partial charge in [-0.15, -0.1) is 0 Å². The van der Waals surface area contributed by atoms with E-state index < -0.39 is 10.3 Å². The van der Waals surface area contributed by atoms with Gasteiger partial charge in [-0.2, -0.15) is 0 Å². The standard InChI is InChI=1S/C13H16ClN3O3/c14-10-4-3-9(7-11(10)17(19)20)16-12(18)13(8-15)5-1-2-6-13/h3-4,7H,1-2,5-6,8,15H2,(H,16,18). The molecule has 6 nitrogen and oxygen atoms in total. The number of benzene rings is 1. The number of anilines is 1. The van der Waals surface area contributed by atoms with Crippen molar-refractivity contribution in [1.29, 1.82) is 0 Å². The molecule has 1 aliphatic carbocycles. The fourth-order valence-electron chi connectivity index (χ4n) is 2.57. The normalized spacial score (nSPS) is 16.9. The van der Waals surface area contributed by atoms with Crippen LogP contribution in [0.25, 0.3) is 0 Å². The van der Waals surface area contributed by atoms with Crippen LogP contribution >= 0.6 is 11.6 Å². The first-order valence-corrected chi connectivity index (χ1v) is 6.82. The van der Waals surface area contributed by atoms with E-state index in [2.05, 4.69) is 5.32 Å². The summed E-state index contributed by atoms with van der Waals surface area (Å²) in [5, 5.41) is 13.6. The maximum atomic E-state index is 12.3. The van der Waals surface area contributed by atoms with Crippen LogP contribution in [0.4, 0.5) is 11.4 Å². The number of nitrogens with zero attached hydrogens (tertiary/aromatic N) is 1. The molecule has 0 atom stereocenters. The molecule has 7 heteroatoms. The van der Waals surface area contributed by atoms with Crippen molar-refractivity contribution >= 4 is 28.9 Å². The minimum absolute atomic E-state index is 0.0439. The van der Waals surface area contributed by atoms with Gasteiger partial charge >= 0.3 is 0 Å². The molecule has 0 aromatic heterocycles. The summed E-state index contributed by atoms with van der Waals surface area (Å²) in [6, 6.07) is 4.21. The molecule has 1 fully saturated rings. The molecule has 0 radical (unpaired) electrons. The van der Waals surface area contributed by atoms with Crippen LogP contribution in [0.2, 0.25) is 5.02 Å². The van der Waals surface area contributed by atoms with E-state index in [0.717, 1.165) is 25.7 Å². The van der Waals surface area contributed by atoms with Gasteiger partial charge in [-0.3, -0.25) is 14.9 Å². The highest BCUT2D eigenvalue weighted by atomic mass is 35.5. The number of nitro benzene ring substituents is 1. The summed E-state index contributed by atoms with van der Waals surface area (Å²) in [4.78, 5) is 22.6. The summed E-state index contributed by atoms with van der Waals surface area (Å²) in [6.07, 6.45) is 3.47. The predicted octanol–water partition coefficient (Wildman–Crippen LogP) is 2.71. The van der Waals surface area contributed by atoms with Gasteiger partial charge in [0.15, 0.2) is 0 Å². The van der Waals surface area contributed by atoms with Gasteiger partial charge in [0.05, 0.1) is 10.3 Å². The highest BCUT2D eigenvalue weighted by Crippen LogP contribution is 2.38. The van der Waals surface area contributed by atoms with Crippen molar-refractivity contribution in [2.45, 2.75) is 25.7 Å². The quantitative estimate of drug-likeness (QED) is 0.659. The van der Waals surface area contributed by atoms with E-state index >= 15 is 0 Å². The van der Waals surface area contributed by atoms with Crippen LogP contribution < -0.4 is 11.1 Å². The lowest BCUT2D eigenvalue weighted by atomic mass is 9.85. The Labute approximate surface area is 121 Å². The fraction of sp³-hybridized carbons (Fsp3) is 0.462. The molecular weight excluding hydrogens is 282 g/mol. The van der Waals surface area contributed by atoms with Crippen molar-refractivity contribution in [3.63, 3.8) is 0 Å². The summed E-state index contributed by atoms with van der Waals surface area (Å²) in [5.74, 6) is -0.172. The maximum Gasteiger partial charge on any atom is 0.289 e. The zero-order chi connectivity index (χ0) is 14.8. The molecule has 3 N–H and O–H groups in total. The monoisotopic (exact) mass is 297 g/mol. The number of nitrogens with one attached hydrogen (secondary N) is 1. The van der Waals surface area contributed by atoms with Crippen LogP contribution in [0.3, 0.4) is 0 Å². The summed E-state index contributed by atoms with van der Waals surface area (Å²) in [6.45, 7) is 0.286. The molecule has 108 valence electrons. The van der Waals surface area contributed by atoms with Gasteiger partial charge in [-0.1, -0.05) is 24.4 Å². The van der Waals surface area contributed by atoms with Crippen LogP contribution in [0.1, 0.15) is 25.7 Å². The van der Waals surface area contributed by atoms with Crippen LogP contribution in [0.5, 0.6) is 0 Å². The first kappa shape index (κ1) is 14.7. The number of carbonyl (C=O) groups excluding carboxylic acids is 1. The highest BCUT2D eigenvalue weighted by molar-refractivity contribution is 6.32. The number of hydrogen-bond acceptors (Lipinski definition) is 4. The maximum absolute atomic E-state index is 12.3. The second-order valence-electron chi connectivity index (χ2n) is 5.07. The second kappa shape index (κ2) is 5.76. The molecule has 0 aliphatic heterocycles. The van der Waals surface area contributed by atoms with Crippen LogP contribution in [0.15, 0.2) is 18.2 Å². The van der Waals surface area contributed by atoms with Gasteiger partial charge in [0.25, 0.3) is 5.69 Å². The zero-order valence-electron chi connectivity index (χ0n) is 10.9. The molecule has 0 unspecified atom stereocenters. The van der Waals surface area contributed by atoms with Crippen molar-refractivity contribution in [3.05, 3.63) is 33.3 Å². The Bertz CT molecular complexity index is 542. The Balaban J connectivity index is 2.19. The molecule has 1 aromatic carbocycles. The molecule has 1 saturated carbocycles. The average Bonchev–Trinajstić information content (AvgIpc) is 2.90. The molecule has 1 aromatic rings. The van der Waals surface area contributed by atoms with E-state index in [0.29, 0.717) is 5.69 Å². The van der Waals surface area contributed by atoms with Gasteiger partial charge in [0, 0.05) is 18.3 Å². The van der Waals surface area contributed by atoms with Crippen molar-refractivity contribution in [3.8, 4) is 0 Å². The topological polar surface area (TPSA) is 98.3 Å². The van der Waals surface area contributed by atoms with Gasteiger partial charge in [0.1, 0.15) is 5.02 Å². The SMILES string of the molecule is NCC1(C(=O)Nc2ccc(Cl)c([N+](=O)[O-])c2)CCCC1. The lowest BCUT2D eigenvalue weighted by Gasteiger charge is -2.25. The van der Waals surface area contributed by atoms with Crippen LogP contribution in [0, 0.1) is 15.5 Å². The van der Waals surface area contributed by atoms with E-state index in [4.69, 9.17) is 17.3 Å². The Kier molecular flexibility index (Phi) is 4.25. The third-order valence-electron chi connectivity index (χ3n) is 3.83. The molecule has 20 heavy (non-hydrogen) atoms. The average molecular weight is 298 g/mol. The lowest BCUT2D eigenvalue weighted by Crippen LogP contribution is -2.40. The molecule has 0 heterocycles. The molecule has 0 spiro atoms. The van der Waals surface area contributed by atoms with E-state index in [-0.39, 0.29) is 23.2 Å². The third-order valence-corrected chi connectivity index (χ3v) is 4.15. The van der Waals surface area contributed by atoms with E-state index in [1.165, 1.54) is 12.1 Å². The van der Waals surface area contributed by atoms with E-state index in [1.807, 2.05) is 0 Å². The zero-order valence-corrected chi connectivity index (χ0v) is 11.7. The van der Waals surface area contributed by atoms with Crippen molar-refractivity contribution in [2.24, 2.45) is 11.1 Å². The number of nitro groups is 1. The fourth-order valence-corrected chi connectivity index (χ4v) is 2.76. The summed E-state index contributed by atoms with van der Waals surface area (Å²) >= 11 is 5.74. The van der Waals surface area contributed by atoms with Crippen LogP contribution in [-0.2, 0) is 4.79 Å². The van der Waals surface area contributed by atoms with Gasteiger partial charge in [-0.25, -0.2) is 0 Å². The van der Waals surface area contributed by atoms with Crippen LogP contribution in [-0.4, -0.2) is 17.4 Å². The Hall–Kier alpha value is -1.66.